The number of ether oxygens (including phenoxy) is 1. The van der Waals surface area contributed by atoms with Gasteiger partial charge in [-0.25, -0.2) is 0 Å². The van der Waals surface area contributed by atoms with Crippen LogP contribution in [-0.2, 0) is 0 Å². The zero-order valence-electron chi connectivity index (χ0n) is 18.1. The van der Waals surface area contributed by atoms with Gasteiger partial charge < -0.3 is 14.9 Å². The van der Waals surface area contributed by atoms with Crippen molar-refractivity contribution < 1.29 is 14.9 Å². The fraction of sp³-hybridized carbons (Fsp3) is 0.692. The van der Waals surface area contributed by atoms with Crippen LogP contribution in [0.5, 0.6) is 5.75 Å². The number of benzene rings is 1. The van der Waals surface area contributed by atoms with Gasteiger partial charge >= 0.3 is 0 Å². The minimum Gasteiger partial charge on any atom is -0.497 e. The molecule has 3 saturated carbocycles. The SMILES string of the molecule is COc1ccc(C2C=C3CC(O)CC[C@]3(C)[C@H]3CC[C@]4(C)C(O)CC[C@H]4[C@H]23)cc1. The van der Waals surface area contributed by atoms with Gasteiger partial charge in [0.05, 0.1) is 19.3 Å². The Bertz CT molecular complexity index is 799. The Morgan fingerprint density at radius 2 is 1.69 bits per heavy atom. The normalized spacial score (nSPS) is 46.3. The second-order valence-corrected chi connectivity index (χ2v) is 10.7. The molecule has 4 aliphatic carbocycles. The van der Waals surface area contributed by atoms with Crippen molar-refractivity contribution >= 4 is 0 Å². The standard InChI is InChI=1S/C26H36O3/c1-25-12-10-18(27)14-17(25)15-20(16-4-6-19(29-3)7-5-16)24-21-8-9-23(28)26(21,2)13-11-22(24)25/h4-7,15,18,20-24,27-28H,8-14H2,1-3H3/t18?,20?,21-,22-,23?,24-,25-,26-/m0/s1. The quantitative estimate of drug-likeness (QED) is 0.686. The molecule has 5 rings (SSSR count). The fourth-order valence-corrected chi connectivity index (χ4v) is 7.78. The average Bonchev–Trinajstić information content (AvgIpc) is 3.03. The molecule has 29 heavy (non-hydrogen) atoms. The van der Waals surface area contributed by atoms with E-state index >= 15 is 0 Å². The Balaban J connectivity index is 1.62. The van der Waals surface area contributed by atoms with E-state index < -0.39 is 0 Å². The van der Waals surface area contributed by atoms with E-state index in [0.717, 1.165) is 44.3 Å². The number of aliphatic hydroxyl groups excluding tert-OH is 2. The number of aliphatic hydroxyl groups is 2. The topological polar surface area (TPSA) is 49.7 Å². The Morgan fingerprint density at radius 3 is 2.41 bits per heavy atom. The van der Waals surface area contributed by atoms with Gasteiger partial charge in [0.25, 0.3) is 0 Å². The van der Waals surface area contributed by atoms with Gasteiger partial charge in [-0.05, 0) is 91.2 Å². The summed E-state index contributed by atoms with van der Waals surface area (Å²) in [4.78, 5) is 0. The summed E-state index contributed by atoms with van der Waals surface area (Å²) in [5.41, 5.74) is 3.12. The van der Waals surface area contributed by atoms with E-state index in [0.29, 0.717) is 23.7 Å². The lowest BCUT2D eigenvalue weighted by molar-refractivity contribution is -0.0772. The van der Waals surface area contributed by atoms with E-state index in [-0.39, 0.29) is 23.0 Å². The highest BCUT2D eigenvalue weighted by Gasteiger charge is 2.60. The van der Waals surface area contributed by atoms with E-state index in [1.165, 1.54) is 17.6 Å². The monoisotopic (exact) mass is 396 g/mol. The van der Waals surface area contributed by atoms with Crippen molar-refractivity contribution in [2.75, 3.05) is 7.11 Å². The van der Waals surface area contributed by atoms with Crippen LogP contribution in [-0.4, -0.2) is 29.5 Å². The number of hydrogen-bond donors (Lipinski definition) is 2. The van der Waals surface area contributed by atoms with Crippen LogP contribution >= 0.6 is 0 Å². The van der Waals surface area contributed by atoms with E-state index in [1.807, 2.05) is 0 Å². The maximum atomic E-state index is 10.9. The maximum Gasteiger partial charge on any atom is 0.118 e. The highest BCUT2D eigenvalue weighted by Crippen LogP contribution is 2.67. The first-order valence-electron chi connectivity index (χ1n) is 11.6. The van der Waals surface area contributed by atoms with Crippen molar-refractivity contribution in [2.24, 2.45) is 28.6 Å². The summed E-state index contributed by atoms with van der Waals surface area (Å²) in [7, 11) is 1.72. The van der Waals surface area contributed by atoms with Crippen LogP contribution in [0.15, 0.2) is 35.9 Å². The molecule has 0 radical (unpaired) electrons. The molecule has 1 aromatic rings. The highest BCUT2D eigenvalue weighted by molar-refractivity contribution is 5.38. The number of rotatable bonds is 2. The van der Waals surface area contributed by atoms with Crippen molar-refractivity contribution in [3.05, 3.63) is 41.5 Å². The second kappa shape index (κ2) is 6.85. The van der Waals surface area contributed by atoms with Crippen LogP contribution < -0.4 is 4.74 Å². The van der Waals surface area contributed by atoms with Crippen molar-refractivity contribution in [2.45, 2.75) is 76.9 Å². The Hall–Kier alpha value is -1.32. The molecule has 3 unspecified atom stereocenters. The summed E-state index contributed by atoms with van der Waals surface area (Å²) in [5.74, 6) is 3.06. The van der Waals surface area contributed by atoms with Gasteiger partial charge in [-0.2, -0.15) is 0 Å². The minimum absolute atomic E-state index is 0.0573. The third kappa shape index (κ3) is 2.84. The van der Waals surface area contributed by atoms with Crippen molar-refractivity contribution in [1.29, 1.82) is 0 Å². The van der Waals surface area contributed by atoms with Crippen LogP contribution in [0, 0.1) is 28.6 Å². The van der Waals surface area contributed by atoms with E-state index in [4.69, 9.17) is 4.74 Å². The van der Waals surface area contributed by atoms with E-state index in [1.54, 1.807) is 7.11 Å². The predicted molar refractivity (Wildman–Crippen MR) is 115 cm³/mol. The third-order valence-corrected chi connectivity index (χ3v) is 9.58. The lowest BCUT2D eigenvalue weighted by atomic mass is 9.45. The van der Waals surface area contributed by atoms with Gasteiger partial charge in [0.1, 0.15) is 5.75 Å². The smallest absolute Gasteiger partial charge is 0.118 e. The average molecular weight is 397 g/mol. The maximum absolute atomic E-state index is 10.9. The molecule has 3 nitrogen and oxygen atoms in total. The van der Waals surface area contributed by atoms with Crippen LogP contribution in [0.4, 0.5) is 0 Å². The van der Waals surface area contributed by atoms with Gasteiger partial charge in [-0.3, -0.25) is 0 Å². The molecule has 0 aromatic heterocycles. The molecule has 3 fully saturated rings. The summed E-state index contributed by atoms with van der Waals surface area (Å²) < 4.78 is 5.40. The summed E-state index contributed by atoms with van der Waals surface area (Å²) in [6.07, 6.45) is 9.47. The molecule has 3 heteroatoms. The number of methoxy groups -OCH3 is 1. The highest BCUT2D eigenvalue weighted by atomic mass is 16.5. The largest absolute Gasteiger partial charge is 0.497 e. The molecule has 0 heterocycles. The number of allylic oxidation sites excluding steroid dienone is 1. The van der Waals surface area contributed by atoms with Crippen LogP contribution in [0.1, 0.15) is 70.3 Å². The summed E-state index contributed by atoms with van der Waals surface area (Å²) in [6, 6.07) is 8.63. The fourth-order valence-electron chi connectivity index (χ4n) is 7.78. The second-order valence-electron chi connectivity index (χ2n) is 10.7. The Morgan fingerprint density at radius 1 is 0.931 bits per heavy atom. The molecule has 2 N–H and O–H groups in total. The zero-order valence-corrected chi connectivity index (χ0v) is 18.1. The van der Waals surface area contributed by atoms with Crippen LogP contribution in [0.3, 0.4) is 0 Å². The first-order valence-corrected chi connectivity index (χ1v) is 11.6. The van der Waals surface area contributed by atoms with Crippen LogP contribution in [0.2, 0.25) is 0 Å². The Labute approximate surface area is 175 Å². The third-order valence-electron chi connectivity index (χ3n) is 9.58. The Kier molecular flexibility index (Phi) is 4.64. The van der Waals surface area contributed by atoms with E-state index in [2.05, 4.69) is 44.2 Å². The van der Waals surface area contributed by atoms with Gasteiger partial charge in [0, 0.05) is 5.92 Å². The molecule has 0 saturated heterocycles. The van der Waals surface area contributed by atoms with Crippen molar-refractivity contribution in [1.82, 2.24) is 0 Å². The first-order chi connectivity index (χ1) is 13.9. The molecule has 8 atom stereocenters. The first kappa shape index (κ1) is 19.6. The number of fused-ring (bicyclic) bond motifs is 5. The molecule has 158 valence electrons. The number of hydrogen-bond acceptors (Lipinski definition) is 3. The summed E-state index contributed by atoms with van der Waals surface area (Å²) in [6.45, 7) is 4.82. The zero-order chi connectivity index (χ0) is 20.4. The lowest BCUT2D eigenvalue weighted by Gasteiger charge is -2.59. The van der Waals surface area contributed by atoms with Gasteiger partial charge in [-0.1, -0.05) is 37.6 Å². The lowest BCUT2D eigenvalue weighted by Crippen LogP contribution is -2.53. The van der Waals surface area contributed by atoms with Gasteiger partial charge in [0.15, 0.2) is 0 Å². The molecular formula is C26H36O3. The summed E-state index contributed by atoms with van der Waals surface area (Å²) >= 11 is 0. The van der Waals surface area contributed by atoms with Crippen molar-refractivity contribution in [3.8, 4) is 5.75 Å². The molecule has 0 spiro atoms. The molecular weight excluding hydrogens is 360 g/mol. The van der Waals surface area contributed by atoms with Crippen molar-refractivity contribution in [3.63, 3.8) is 0 Å². The summed E-state index contributed by atoms with van der Waals surface area (Å²) in [5, 5.41) is 21.3. The van der Waals surface area contributed by atoms with Gasteiger partial charge in [-0.15, -0.1) is 0 Å². The molecule has 0 amide bonds. The minimum atomic E-state index is -0.190. The molecule has 4 aliphatic rings. The molecule has 0 bridgehead atoms. The molecule has 0 aliphatic heterocycles. The predicted octanol–water partition coefficient (Wildman–Crippen LogP) is 5.07. The van der Waals surface area contributed by atoms with E-state index in [9.17, 15) is 10.2 Å². The molecule has 1 aromatic carbocycles. The van der Waals surface area contributed by atoms with Gasteiger partial charge in [0.2, 0.25) is 0 Å². The van der Waals surface area contributed by atoms with Crippen LogP contribution in [0.25, 0.3) is 0 Å².